The summed E-state index contributed by atoms with van der Waals surface area (Å²) >= 11 is 0. The molecule has 0 rings (SSSR count). The quantitative estimate of drug-likeness (QED) is 0.584. The second kappa shape index (κ2) is 5.97. The zero-order valence-electron chi connectivity index (χ0n) is 8.13. The first kappa shape index (κ1) is 11.4. The van der Waals surface area contributed by atoms with Gasteiger partial charge in [-0.3, -0.25) is 9.69 Å². The van der Waals surface area contributed by atoms with Crippen molar-refractivity contribution in [3.8, 4) is 0 Å². The Morgan fingerprint density at radius 1 is 1.67 bits per heavy atom. The minimum absolute atomic E-state index is 0.0562. The second-order valence-corrected chi connectivity index (χ2v) is 3.13. The summed E-state index contributed by atoms with van der Waals surface area (Å²) in [6.45, 7) is 5.69. The SMILES string of the molecule is CCNC(=O)CN(C)CC(C)N. The minimum atomic E-state index is 0.0562. The van der Waals surface area contributed by atoms with Gasteiger partial charge in [-0.2, -0.15) is 0 Å². The van der Waals surface area contributed by atoms with E-state index < -0.39 is 0 Å². The van der Waals surface area contributed by atoms with Gasteiger partial charge in [0.25, 0.3) is 0 Å². The van der Waals surface area contributed by atoms with Gasteiger partial charge in [-0.05, 0) is 20.9 Å². The van der Waals surface area contributed by atoms with Crippen LogP contribution < -0.4 is 11.1 Å². The van der Waals surface area contributed by atoms with Crippen molar-refractivity contribution in [2.75, 3.05) is 26.7 Å². The summed E-state index contributed by atoms with van der Waals surface area (Å²) in [4.78, 5) is 13.0. The number of rotatable bonds is 5. The van der Waals surface area contributed by atoms with E-state index in [2.05, 4.69) is 5.32 Å². The molecular weight excluding hydrogens is 154 g/mol. The van der Waals surface area contributed by atoms with E-state index in [9.17, 15) is 4.79 Å². The van der Waals surface area contributed by atoms with Crippen LogP contribution in [0.2, 0.25) is 0 Å². The zero-order chi connectivity index (χ0) is 9.56. The van der Waals surface area contributed by atoms with E-state index in [1.54, 1.807) is 0 Å². The molecule has 1 atom stereocenters. The Kier molecular flexibility index (Phi) is 5.66. The van der Waals surface area contributed by atoms with Crippen LogP contribution in [-0.2, 0) is 4.79 Å². The lowest BCUT2D eigenvalue weighted by atomic mass is 10.3. The van der Waals surface area contributed by atoms with Crippen LogP contribution in [-0.4, -0.2) is 43.5 Å². The molecule has 4 nitrogen and oxygen atoms in total. The van der Waals surface area contributed by atoms with E-state index in [1.165, 1.54) is 0 Å². The average molecular weight is 173 g/mol. The highest BCUT2D eigenvalue weighted by molar-refractivity contribution is 5.77. The summed E-state index contributed by atoms with van der Waals surface area (Å²) in [7, 11) is 1.89. The van der Waals surface area contributed by atoms with E-state index in [4.69, 9.17) is 5.73 Å². The van der Waals surface area contributed by atoms with Crippen LogP contribution in [0.3, 0.4) is 0 Å². The average Bonchev–Trinajstić information content (AvgIpc) is 1.84. The predicted molar refractivity (Wildman–Crippen MR) is 49.8 cm³/mol. The third kappa shape index (κ3) is 6.12. The van der Waals surface area contributed by atoms with E-state index >= 15 is 0 Å². The van der Waals surface area contributed by atoms with Gasteiger partial charge in [0, 0.05) is 19.1 Å². The molecule has 0 aliphatic rings. The Labute approximate surface area is 74.1 Å². The molecule has 0 saturated heterocycles. The summed E-state index contributed by atoms with van der Waals surface area (Å²) in [5.41, 5.74) is 5.57. The van der Waals surface area contributed by atoms with Crippen molar-refractivity contribution in [3.63, 3.8) is 0 Å². The van der Waals surface area contributed by atoms with Gasteiger partial charge >= 0.3 is 0 Å². The van der Waals surface area contributed by atoms with Crippen molar-refractivity contribution in [2.45, 2.75) is 19.9 Å². The number of nitrogens with one attached hydrogen (secondary N) is 1. The molecule has 0 bridgehead atoms. The van der Waals surface area contributed by atoms with E-state index in [-0.39, 0.29) is 11.9 Å². The molecule has 0 fully saturated rings. The van der Waals surface area contributed by atoms with Crippen molar-refractivity contribution >= 4 is 5.91 Å². The first-order chi connectivity index (χ1) is 5.56. The molecule has 0 aromatic carbocycles. The van der Waals surface area contributed by atoms with Gasteiger partial charge in [0.2, 0.25) is 5.91 Å². The molecule has 4 heteroatoms. The fourth-order valence-corrected chi connectivity index (χ4v) is 1.05. The molecule has 0 saturated carbocycles. The Balaban J connectivity index is 3.54. The molecule has 0 aliphatic carbocycles. The first-order valence-corrected chi connectivity index (χ1v) is 4.27. The Morgan fingerprint density at radius 3 is 2.67 bits per heavy atom. The van der Waals surface area contributed by atoms with Crippen molar-refractivity contribution in [1.82, 2.24) is 10.2 Å². The molecule has 0 spiro atoms. The number of nitrogens with zero attached hydrogens (tertiary/aromatic N) is 1. The second-order valence-electron chi connectivity index (χ2n) is 3.13. The van der Waals surface area contributed by atoms with Gasteiger partial charge in [0.15, 0.2) is 0 Å². The molecule has 0 aromatic heterocycles. The van der Waals surface area contributed by atoms with Gasteiger partial charge in [0.1, 0.15) is 0 Å². The number of hydrogen-bond acceptors (Lipinski definition) is 3. The van der Waals surface area contributed by atoms with Gasteiger partial charge in [0.05, 0.1) is 6.54 Å². The summed E-state index contributed by atoms with van der Waals surface area (Å²) in [6.07, 6.45) is 0. The maximum absolute atomic E-state index is 11.0. The van der Waals surface area contributed by atoms with E-state index in [0.29, 0.717) is 13.1 Å². The van der Waals surface area contributed by atoms with Crippen molar-refractivity contribution in [2.24, 2.45) is 5.73 Å². The molecule has 12 heavy (non-hydrogen) atoms. The minimum Gasteiger partial charge on any atom is -0.355 e. The zero-order valence-corrected chi connectivity index (χ0v) is 8.13. The monoisotopic (exact) mass is 173 g/mol. The lowest BCUT2D eigenvalue weighted by Crippen LogP contribution is -2.40. The number of carbonyl (C=O) groups excluding carboxylic acids is 1. The Bertz CT molecular complexity index is 136. The molecule has 1 amide bonds. The van der Waals surface area contributed by atoms with Crippen LogP contribution in [0.1, 0.15) is 13.8 Å². The number of nitrogens with two attached hydrogens (primary N) is 1. The highest BCUT2D eigenvalue weighted by atomic mass is 16.1. The van der Waals surface area contributed by atoms with Crippen LogP contribution >= 0.6 is 0 Å². The van der Waals surface area contributed by atoms with Crippen LogP contribution in [0.15, 0.2) is 0 Å². The van der Waals surface area contributed by atoms with Crippen LogP contribution in [0, 0.1) is 0 Å². The molecule has 3 N–H and O–H groups in total. The Morgan fingerprint density at radius 2 is 2.25 bits per heavy atom. The first-order valence-electron chi connectivity index (χ1n) is 4.27. The van der Waals surface area contributed by atoms with Crippen LogP contribution in [0.5, 0.6) is 0 Å². The molecule has 0 aliphatic heterocycles. The van der Waals surface area contributed by atoms with E-state index in [0.717, 1.165) is 6.54 Å². The largest absolute Gasteiger partial charge is 0.355 e. The highest BCUT2D eigenvalue weighted by Gasteiger charge is 2.06. The number of likely N-dealkylation sites (N-methyl/N-ethyl adjacent to an activating group) is 2. The van der Waals surface area contributed by atoms with Gasteiger partial charge in [-0.25, -0.2) is 0 Å². The molecule has 0 heterocycles. The lowest BCUT2D eigenvalue weighted by Gasteiger charge is -2.17. The molecule has 0 radical (unpaired) electrons. The third-order valence-electron chi connectivity index (χ3n) is 1.39. The summed E-state index contributed by atoms with van der Waals surface area (Å²) < 4.78 is 0. The highest BCUT2D eigenvalue weighted by Crippen LogP contribution is 1.84. The van der Waals surface area contributed by atoms with Gasteiger partial charge in [-0.15, -0.1) is 0 Å². The standard InChI is InChI=1S/C8H19N3O/c1-4-10-8(12)6-11(3)5-7(2)9/h7H,4-6,9H2,1-3H3,(H,10,12). The summed E-state index contributed by atoms with van der Waals surface area (Å²) in [5, 5.41) is 2.73. The predicted octanol–water partition coefficient (Wildman–Crippen LogP) is -0.598. The number of hydrogen-bond donors (Lipinski definition) is 2. The molecule has 72 valence electrons. The summed E-state index contributed by atoms with van der Waals surface area (Å²) in [5.74, 6) is 0.0562. The van der Waals surface area contributed by atoms with Crippen molar-refractivity contribution in [1.29, 1.82) is 0 Å². The fraction of sp³-hybridized carbons (Fsp3) is 0.875. The van der Waals surface area contributed by atoms with Crippen molar-refractivity contribution < 1.29 is 4.79 Å². The lowest BCUT2D eigenvalue weighted by molar-refractivity contribution is -0.121. The van der Waals surface area contributed by atoms with Gasteiger partial charge in [-0.1, -0.05) is 0 Å². The summed E-state index contributed by atoms with van der Waals surface area (Å²) in [6, 6.07) is 0.115. The molecular formula is C8H19N3O. The maximum Gasteiger partial charge on any atom is 0.234 e. The van der Waals surface area contributed by atoms with Crippen LogP contribution in [0.4, 0.5) is 0 Å². The number of amides is 1. The Hall–Kier alpha value is -0.610. The van der Waals surface area contributed by atoms with E-state index in [1.807, 2.05) is 25.8 Å². The molecule has 0 aromatic rings. The fourth-order valence-electron chi connectivity index (χ4n) is 1.05. The van der Waals surface area contributed by atoms with Crippen LogP contribution in [0.25, 0.3) is 0 Å². The maximum atomic E-state index is 11.0. The normalized spacial score (nSPS) is 13.1. The smallest absolute Gasteiger partial charge is 0.234 e. The van der Waals surface area contributed by atoms with Gasteiger partial charge < -0.3 is 11.1 Å². The molecule has 1 unspecified atom stereocenters. The third-order valence-corrected chi connectivity index (χ3v) is 1.39. The van der Waals surface area contributed by atoms with Crippen molar-refractivity contribution in [3.05, 3.63) is 0 Å². The number of carbonyl (C=O) groups is 1. The topological polar surface area (TPSA) is 58.4 Å².